The van der Waals surface area contributed by atoms with Crippen molar-refractivity contribution in [1.29, 1.82) is 0 Å². The Hall–Kier alpha value is -2.48. The highest BCUT2D eigenvalue weighted by atomic mass is 16.4. The van der Waals surface area contributed by atoms with E-state index in [0.29, 0.717) is 17.9 Å². The fourth-order valence-corrected chi connectivity index (χ4v) is 3.05. The lowest BCUT2D eigenvalue weighted by Gasteiger charge is -2.30. The SMILES string of the molecule is CCN[C@@H](C)C(=O)N[C@H](C(=O)N1c2ncccc2C[C@H]1C(=O)O)C(C)C. The van der Waals surface area contributed by atoms with Crippen LogP contribution < -0.4 is 15.5 Å². The number of carbonyl (C=O) groups excluding carboxylic acids is 2. The number of nitrogens with one attached hydrogen (secondary N) is 2. The third-order valence-electron chi connectivity index (χ3n) is 4.48. The molecule has 1 aliphatic rings. The fourth-order valence-electron chi connectivity index (χ4n) is 3.05. The molecule has 0 radical (unpaired) electrons. The molecule has 2 amide bonds. The topological polar surface area (TPSA) is 112 Å². The maximum Gasteiger partial charge on any atom is 0.327 e. The van der Waals surface area contributed by atoms with Crippen molar-refractivity contribution in [2.45, 2.75) is 52.2 Å². The van der Waals surface area contributed by atoms with E-state index in [1.54, 1.807) is 19.1 Å². The van der Waals surface area contributed by atoms with Gasteiger partial charge >= 0.3 is 5.97 Å². The van der Waals surface area contributed by atoms with E-state index in [-0.39, 0.29) is 18.2 Å². The molecule has 3 atom stereocenters. The number of anilines is 1. The van der Waals surface area contributed by atoms with Crippen molar-refractivity contribution < 1.29 is 19.5 Å². The van der Waals surface area contributed by atoms with Crippen LogP contribution in [-0.4, -0.2) is 52.5 Å². The van der Waals surface area contributed by atoms with Crippen LogP contribution in [0.4, 0.5) is 5.82 Å². The van der Waals surface area contributed by atoms with Crippen LogP contribution in [0.2, 0.25) is 0 Å². The number of carbonyl (C=O) groups is 3. The molecule has 2 rings (SSSR count). The lowest BCUT2D eigenvalue weighted by Crippen LogP contribution is -2.57. The van der Waals surface area contributed by atoms with E-state index in [2.05, 4.69) is 15.6 Å². The fraction of sp³-hybridized carbons (Fsp3) is 0.556. The molecule has 1 aliphatic heterocycles. The first-order valence-corrected chi connectivity index (χ1v) is 8.81. The maximum atomic E-state index is 13.2. The normalized spacial score (nSPS) is 18.3. The highest BCUT2D eigenvalue weighted by molar-refractivity contribution is 6.05. The van der Waals surface area contributed by atoms with Crippen molar-refractivity contribution in [2.24, 2.45) is 5.92 Å². The summed E-state index contributed by atoms with van der Waals surface area (Å²) in [5.74, 6) is -1.70. The molecule has 0 aliphatic carbocycles. The molecule has 0 saturated heterocycles. The van der Waals surface area contributed by atoms with Crippen molar-refractivity contribution in [3.8, 4) is 0 Å². The summed E-state index contributed by atoms with van der Waals surface area (Å²) in [5, 5.41) is 15.3. The number of fused-ring (bicyclic) bond motifs is 1. The van der Waals surface area contributed by atoms with E-state index in [1.807, 2.05) is 20.8 Å². The van der Waals surface area contributed by atoms with Crippen LogP contribution in [0, 0.1) is 5.92 Å². The van der Waals surface area contributed by atoms with Gasteiger partial charge in [-0.2, -0.15) is 0 Å². The average Bonchev–Trinajstić information content (AvgIpc) is 2.98. The molecule has 8 nitrogen and oxygen atoms in total. The Kier molecular flexibility index (Phi) is 6.31. The standard InChI is InChI=1S/C18H26N4O4/c1-5-19-11(4)16(23)21-14(10(2)3)17(24)22-13(18(25)26)9-12-7-6-8-20-15(12)22/h6-8,10-11,13-14,19H,5,9H2,1-4H3,(H,21,23)(H,25,26)/t11-,13-,14-/m0/s1. The predicted octanol–water partition coefficient (Wildman–Crippen LogP) is 0.563. The van der Waals surface area contributed by atoms with Gasteiger partial charge in [0.15, 0.2) is 0 Å². The third-order valence-corrected chi connectivity index (χ3v) is 4.48. The van der Waals surface area contributed by atoms with Crippen molar-refractivity contribution in [2.75, 3.05) is 11.4 Å². The summed E-state index contributed by atoms with van der Waals surface area (Å²) in [5.41, 5.74) is 0.711. The van der Waals surface area contributed by atoms with Crippen LogP contribution in [0.25, 0.3) is 0 Å². The molecule has 2 heterocycles. The van der Waals surface area contributed by atoms with Gasteiger partial charge in [0.25, 0.3) is 5.91 Å². The van der Waals surface area contributed by atoms with Gasteiger partial charge in [-0.25, -0.2) is 9.78 Å². The minimum atomic E-state index is -1.09. The molecular formula is C18H26N4O4. The molecule has 0 unspecified atom stereocenters. The van der Waals surface area contributed by atoms with Gasteiger partial charge in [0.2, 0.25) is 5.91 Å². The molecule has 0 aromatic carbocycles. The largest absolute Gasteiger partial charge is 0.480 e. The summed E-state index contributed by atoms with van der Waals surface area (Å²) in [6.45, 7) is 7.85. The number of amides is 2. The zero-order valence-corrected chi connectivity index (χ0v) is 15.5. The lowest BCUT2D eigenvalue weighted by molar-refractivity contribution is -0.140. The van der Waals surface area contributed by atoms with Crippen LogP contribution in [-0.2, 0) is 20.8 Å². The second-order valence-corrected chi connectivity index (χ2v) is 6.76. The van der Waals surface area contributed by atoms with Crippen LogP contribution in [0.15, 0.2) is 18.3 Å². The summed E-state index contributed by atoms with van der Waals surface area (Å²) < 4.78 is 0. The molecule has 0 bridgehead atoms. The van der Waals surface area contributed by atoms with Gasteiger partial charge in [-0.1, -0.05) is 26.8 Å². The third kappa shape index (κ3) is 4.01. The monoisotopic (exact) mass is 362 g/mol. The quantitative estimate of drug-likeness (QED) is 0.654. The molecule has 142 valence electrons. The van der Waals surface area contributed by atoms with Crippen molar-refractivity contribution in [1.82, 2.24) is 15.6 Å². The Morgan fingerprint density at radius 3 is 2.62 bits per heavy atom. The number of aromatic nitrogens is 1. The first-order valence-electron chi connectivity index (χ1n) is 8.81. The van der Waals surface area contributed by atoms with Gasteiger partial charge in [0.1, 0.15) is 17.9 Å². The molecule has 0 fully saturated rings. The molecule has 0 spiro atoms. The van der Waals surface area contributed by atoms with E-state index < -0.39 is 30.0 Å². The molecule has 3 N–H and O–H groups in total. The maximum absolute atomic E-state index is 13.2. The van der Waals surface area contributed by atoms with Gasteiger partial charge in [0, 0.05) is 12.6 Å². The van der Waals surface area contributed by atoms with Gasteiger partial charge in [0.05, 0.1) is 6.04 Å². The second kappa shape index (κ2) is 8.27. The number of hydrogen-bond acceptors (Lipinski definition) is 5. The summed E-state index contributed by atoms with van der Waals surface area (Å²) in [6, 6.07) is 1.18. The number of carboxylic acid groups (broad SMARTS) is 1. The summed E-state index contributed by atoms with van der Waals surface area (Å²) in [7, 11) is 0. The molecule has 8 heteroatoms. The number of aliphatic carboxylic acids is 1. The number of pyridine rings is 1. The summed E-state index contributed by atoms with van der Waals surface area (Å²) >= 11 is 0. The average molecular weight is 362 g/mol. The van der Waals surface area contributed by atoms with Crippen molar-refractivity contribution in [3.05, 3.63) is 23.9 Å². The first kappa shape index (κ1) is 19.8. The molecule has 1 aromatic rings. The Morgan fingerprint density at radius 1 is 1.35 bits per heavy atom. The number of hydrogen-bond donors (Lipinski definition) is 3. The Labute approximate surface area is 153 Å². The van der Waals surface area contributed by atoms with Gasteiger partial charge in [-0.15, -0.1) is 0 Å². The van der Waals surface area contributed by atoms with Gasteiger partial charge < -0.3 is 15.7 Å². The number of likely N-dealkylation sites (N-methyl/N-ethyl adjacent to an activating group) is 1. The number of rotatable bonds is 7. The van der Waals surface area contributed by atoms with Gasteiger partial charge in [-0.3, -0.25) is 14.5 Å². The molecule has 1 aromatic heterocycles. The zero-order valence-electron chi connectivity index (χ0n) is 15.5. The molecule has 26 heavy (non-hydrogen) atoms. The summed E-state index contributed by atoms with van der Waals surface area (Å²) in [6.07, 6.45) is 1.73. The molecule has 0 saturated carbocycles. The van der Waals surface area contributed by atoms with Crippen molar-refractivity contribution >= 4 is 23.6 Å². The van der Waals surface area contributed by atoms with Crippen LogP contribution in [0.5, 0.6) is 0 Å². The van der Waals surface area contributed by atoms with E-state index in [0.717, 1.165) is 0 Å². The Morgan fingerprint density at radius 2 is 2.04 bits per heavy atom. The predicted molar refractivity (Wildman–Crippen MR) is 96.8 cm³/mol. The van der Waals surface area contributed by atoms with E-state index in [9.17, 15) is 19.5 Å². The Balaban J connectivity index is 2.29. The summed E-state index contributed by atoms with van der Waals surface area (Å²) in [4.78, 5) is 42.6. The smallest absolute Gasteiger partial charge is 0.327 e. The van der Waals surface area contributed by atoms with Crippen LogP contribution in [0.1, 0.15) is 33.3 Å². The highest BCUT2D eigenvalue weighted by Crippen LogP contribution is 2.31. The van der Waals surface area contributed by atoms with Crippen molar-refractivity contribution in [3.63, 3.8) is 0 Å². The first-order chi connectivity index (χ1) is 12.3. The number of nitrogens with zero attached hydrogens (tertiary/aromatic N) is 2. The molecular weight excluding hydrogens is 336 g/mol. The minimum absolute atomic E-state index is 0.205. The van der Waals surface area contributed by atoms with E-state index in [1.165, 1.54) is 11.1 Å². The van der Waals surface area contributed by atoms with Gasteiger partial charge in [-0.05, 0) is 31.0 Å². The highest BCUT2D eigenvalue weighted by Gasteiger charge is 2.43. The zero-order chi connectivity index (χ0) is 19.4. The van der Waals surface area contributed by atoms with Crippen LogP contribution >= 0.6 is 0 Å². The van der Waals surface area contributed by atoms with Crippen LogP contribution in [0.3, 0.4) is 0 Å². The number of carboxylic acids is 1. The lowest BCUT2D eigenvalue weighted by atomic mass is 10.0. The second-order valence-electron chi connectivity index (χ2n) is 6.76. The Bertz CT molecular complexity index is 692. The van der Waals surface area contributed by atoms with E-state index >= 15 is 0 Å². The van der Waals surface area contributed by atoms with E-state index in [4.69, 9.17) is 0 Å². The minimum Gasteiger partial charge on any atom is -0.480 e.